The fraction of sp³-hybridized carbons (Fsp3) is 0.824. The van der Waals surface area contributed by atoms with E-state index in [1.807, 2.05) is 6.20 Å². The molecule has 7 heteroatoms. The van der Waals surface area contributed by atoms with E-state index in [9.17, 15) is 4.79 Å². The van der Waals surface area contributed by atoms with Crippen molar-refractivity contribution in [3.63, 3.8) is 0 Å². The molecular weight excluding hydrogens is 304 g/mol. The van der Waals surface area contributed by atoms with Crippen molar-refractivity contribution in [2.24, 2.45) is 0 Å². The maximum atomic E-state index is 12.1. The maximum Gasteiger partial charge on any atom is 0.315 e. The Morgan fingerprint density at radius 3 is 2.83 bits per heavy atom. The van der Waals surface area contributed by atoms with Gasteiger partial charge in [0.1, 0.15) is 0 Å². The van der Waals surface area contributed by atoms with E-state index in [0.717, 1.165) is 32.0 Å². The van der Waals surface area contributed by atoms with E-state index in [-0.39, 0.29) is 12.1 Å². The average Bonchev–Trinajstić information content (AvgIpc) is 3.13. The molecule has 3 rings (SSSR count). The summed E-state index contributed by atoms with van der Waals surface area (Å²) in [6.07, 6.45) is 13.4. The molecule has 1 saturated heterocycles. The second-order valence-electron chi connectivity index (χ2n) is 7.05. The highest BCUT2D eigenvalue weighted by Gasteiger charge is 2.27. The van der Waals surface area contributed by atoms with Crippen LogP contribution in [0.3, 0.4) is 0 Å². The number of piperidine rings is 1. The van der Waals surface area contributed by atoms with Crippen LogP contribution in [-0.4, -0.2) is 57.6 Å². The van der Waals surface area contributed by atoms with Gasteiger partial charge in [0.15, 0.2) is 0 Å². The molecule has 0 radical (unpaired) electrons. The zero-order chi connectivity index (χ0) is 16.6. The van der Waals surface area contributed by atoms with Crippen molar-refractivity contribution in [3.05, 3.63) is 12.4 Å². The first-order valence-corrected chi connectivity index (χ1v) is 9.44. The summed E-state index contributed by atoms with van der Waals surface area (Å²) >= 11 is 0. The van der Waals surface area contributed by atoms with E-state index < -0.39 is 0 Å². The third-order valence-electron chi connectivity index (χ3n) is 5.20. The van der Waals surface area contributed by atoms with E-state index in [4.69, 9.17) is 0 Å². The molecule has 1 saturated carbocycles. The maximum absolute atomic E-state index is 12.1. The van der Waals surface area contributed by atoms with Gasteiger partial charge in [-0.2, -0.15) is 0 Å². The molecule has 2 heterocycles. The van der Waals surface area contributed by atoms with E-state index >= 15 is 0 Å². The first-order chi connectivity index (χ1) is 11.8. The molecule has 2 fully saturated rings. The van der Waals surface area contributed by atoms with Crippen molar-refractivity contribution >= 4 is 6.03 Å². The minimum Gasteiger partial charge on any atom is -0.338 e. The molecule has 1 aromatic rings. The van der Waals surface area contributed by atoms with Crippen LogP contribution < -0.4 is 10.6 Å². The van der Waals surface area contributed by atoms with Gasteiger partial charge in [-0.05, 0) is 38.6 Å². The van der Waals surface area contributed by atoms with Gasteiger partial charge in [0, 0.05) is 37.9 Å². The average molecular weight is 334 g/mol. The van der Waals surface area contributed by atoms with E-state index in [0.29, 0.717) is 6.54 Å². The second kappa shape index (κ2) is 9.01. The Morgan fingerprint density at radius 1 is 1.17 bits per heavy atom. The van der Waals surface area contributed by atoms with Crippen LogP contribution in [0.15, 0.2) is 12.4 Å². The van der Waals surface area contributed by atoms with Gasteiger partial charge in [0.2, 0.25) is 0 Å². The van der Waals surface area contributed by atoms with Gasteiger partial charge in [-0.3, -0.25) is 9.58 Å². The van der Waals surface area contributed by atoms with Crippen LogP contribution in [0.2, 0.25) is 0 Å². The molecule has 0 aromatic carbocycles. The second-order valence-corrected chi connectivity index (χ2v) is 7.05. The highest BCUT2D eigenvalue weighted by atomic mass is 16.2. The molecule has 24 heavy (non-hydrogen) atoms. The fourth-order valence-corrected chi connectivity index (χ4v) is 3.93. The highest BCUT2D eigenvalue weighted by molar-refractivity contribution is 5.74. The van der Waals surface area contributed by atoms with Crippen LogP contribution in [0, 0.1) is 0 Å². The largest absolute Gasteiger partial charge is 0.338 e. The molecule has 134 valence electrons. The van der Waals surface area contributed by atoms with E-state index in [2.05, 4.69) is 25.8 Å². The molecular formula is C17H30N6O. The summed E-state index contributed by atoms with van der Waals surface area (Å²) < 4.78 is 1.78. The number of nitrogens with one attached hydrogen (secondary N) is 2. The van der Waals surface area contributed by atoms with Gasteiger partial charge >= 0.3 is 6.03 Å². The molecule has 2 aliphatic rings. The summed E-state index contributed by atoms with van der Waals surface area (Å²) in [7, 11) is 0. The Labute approximate surface area is 144 Å². The van der Waals surface area contributed by atoms with Gasteiger partial charge in [0.05, 0.1) is 6.20 Å². The number of carbonyl (C=O) groups excluding carboxylic acids is 1. The predicted molar refractivity (Wildman–Crippen MR) is 92.6 cm³/mol. The van der Waals surface area contributed by atoms with E-state index in [1.165, 1.54) is 45.1 Å². The standard InChI is InChI=1S/C17H30N6O/c24-17(18-9-5-12-23-13-10-19-21-23)20-15-6-4-11-22(14-15)16-7-2-1-3-8-16/h10,13,15-16H,1-9,11-12,14H2,(H2,18,20,24)/t15-/m1/s1. The number of amides is 2. The molecule has 1 aliphatic carbocycles. The SMILES string of the molecule is O=C(NCCCn1ccnn1)N[C@@H]1CCCN(C2CCCCC2)C1. The summed E-state index contributed by atoms with van der Waals surface area (Å²) in [6, 6.07) is 0.995. The number of rotatable bonds is 6. The molecule has 2 N–H and O–H groups in total. The van der Waals surface area contributed by atoms with Crippen LogP contribution in [0.1, 0.15) is 51.4 Å². The monoisotopic (exact) mass is 334 g/mol. The number of urea groups is 1. The number of likely N-dealkylation sites (tertiary alicyclic amines) is 1. The Hall–Kier alpha value is -1.63. The lowest BCUT2D eigenvalue weighted by atomic mass is 9.92. The Kier molecular flexibility index (Phi) is 6.46. The van der Waals surface area contributed by atoms with Crippen molar-refractivity contribution < 1.29 is 4.79 Å². The third-order valence-corrected chi connectivity index (χ3v) is 5.20. The van der Waals surface area contributed by atoms with Crippen LogP contribution in [0.4, 0.5) is 4.79 Å². The zero-order valence-electron chi connectivity index (χ0n) is 14.5. The lowest BCUT2D eigenvalue weighted by Gasteiger charge is -2.40. The molecule has 1 aromatic heterocycles. The lowest BCUT2D eigenvalue weighted by molar-refractivity contribution is 0.112. The number of nitrogens with zero attached hydrogens (tertiary/aromatic N) is 4. The summed E-state index contributed by atoms with van der Waals surface area (Å²) in [6.45, 7) is 3.64. The Balaban J connectivity index is 1.33. The Bertz CT molecular complexity index is 485. The smallest absolute Gasteiger partial charge is 0.315 e. The minimum atomic E-state index is -0.0379. The van der Waals surface area contributed by atoms with E-state index in [1.54, 1.807) is 10.9 Å². The highest BCUT2D eigenvalue weighted by Crippen LogP contribution is 2.25. The molecule has 0 spiro atoms. The molecule has 0 unspecified atom stereocenters. The predicted octanol–water partition coefficient (Wildman–Crippen LogP) is 1.76. The molecule has 0 bridgehead atoms. The lowest BCUT2D eigenvalue weighted by Crippen LogP contribution is -2.53. The number of aryl methyl sites for hydroxylation is 1. The first kappa shape index (κ1) is 17.2. The van der Waals surface area contributed by atoms with Gasteiger partial charge in [-0.1, -0.05) is 24.5 Å². The summed E-state index contributed by atoms with van der Waals surface area (Å²) in [5, 5.41) is 13.8. The minimum absolute atomic E-state index is 0.0379. The number of hydrogen-bond donors (Lipinski definition) is 2. The van der Waals surface area contributed by atoms with Gasteiger partial charge in [-0.15, -0.1) is 5.10 Å². The van der Waals surface area contributed by atoms with Crippen molar-refractivity contribution in [1.29, 1.82) is 0 Å². The molecule has 2 amide bonds. The topological polar surface area (TPSA) is 75.1 Å². The van der Waals surface area contributed by atoms with Gasteiger partial charge < -0.3 is 10.6 Å². The number of hydrogen-bond acceptors (Lipinski definition) is 4. The molecule has 1 atom stereocenters. The number of carbonyl (C=O) groups is 1. The number of aromatic nitrogens is 3. The molecule has 1 aliphatic heterocycles. The van der Waals surface area contributed by atoms with Crippen molar-refractivity contribution in [1.82, 2.24) is 30.5 Å². The van der Waals surface area contributed by atoms with Crippen molar-refractivity contribution in [3.8, 4) is 0 Å². The van der Waals surface area contributed by atoms with Crippen LogP contribution in [0.5, 0.6) is 0 Å². The summed E-state index contributed by atoms with van der Waals surface area (Å²) in [5.41, 5.74) is 0. The van der Waals surface area contributed by atoms with Crippen molar-refractivity contribution in [2.75, 3.05) is 19.6 Å². The normalized spacial score (nSPS) is 23.1. The van der Waals surface area contributed by atoms with Gasteiger partial charge in [0.25, 0.3) is 0 Å². The quantitative estimate of drug-likeness (QED) is 0.778. The molecule has 7 nitrogen and oxygen atoms in total. The fourth-order valence-electron chi connectivity index (χ4n) is 3.93. The zero-order valence-corrected chi connectivity index (χ0v) is 14.5. The van der Waals surface area contributed by atoms with Gasteiger partial charge in [-0.25, -0.2) is 4.79 Å². The Morgan fingerprint density at radius 2 is 2.04 bits per heavy atom. The summed E-state index contributed by atoms with van der Waals surface area (Å²) in [4.78, 5) is 14.7. The van der Waals surface area contributed by atoms with Crippen LogP contribution in [0.25, 0.3) is 0 Å². The van der Waals surface area contributed by atoms with Crippen LogP contribution in [-0.2, 0) is 6.54 Å². The third kappa shape index (κ3) is 5.19. The van der Waals surface area contributed by atoms with Crippen molar-refractivity contribution in [2.45, 2.75) is 70.0 Å². The summed E-state index contributed by atoms with van der Waals surface area (Å²) in [5.74, 6) is 0. The van der Waals surface area contributed by atoms with Crippen LogP contribution >= 0.6 is 0 Å². The first-order valence-electron chi connectivity index (χ1n) is 9.44.